The summed E-state index contributed by atoms with van der Waals surface area (Å²) in [6.45, 7) is -0.181. The molecule has 20 heavy (non-hydrogen) atoms. The molecule has 2 amide bonds. The molecule has 6 nitrogen and oxygen atoms in total. The summed E-state index contributed by atoms with van der Waals surface area (Å²) in [6, 6.07) is 1.16. The maximum absolute atomic E-state index is 13.4. The van der Waals surface area contributed by atoms with Crippen LogP contribution in [-0.4, -0.2) is 45.8 Å². The number of halogens is 2. The number of hydrogen-bond acceptors (Lipinski definition) is 3. The van der Waals surface area contributed by atoms with Crippen LogP contribution in [0.25, 0.3) is 0 Å². The average molecular weight is 286 g/mol. The number of aliphatic hydroxyl groups is 1. The van der Waals surface area contributed by atoms with Crippen molar-refractivity contribution in [1.29, 1.82) is 0 Å². The topological polar surface area (TPSA) is 89.9 Å². The van der Waals surface area contributed by atoms with Gasteiger partial charge in [0.2, 0.25) is 0 Å². The molecule has 1 aromatic carbocycles. The van der Waals surface area contributed by atoms with E-state index >= 15 is 0 Å². The van der Waals surface area contributed by atoms with Crippen molar-refractivity contribution in [2.45, 2.75) is 18.6 Å². The highest BCUT2D eigenvalue weighted by Gasteiger charge is 2.39. The van der Waals surface area contributed by atoms with Crippen molar-refractivity contribution in [3.8, 4) is 0 Å². The zero-order valence-electron chi connectivity index (χ0n) is 10.2. The number of carboxylic acids is 1. The van der Waals surface area contributed by atoms with Crippen LogP contribution in [0.2, 0.25) is 0 Å². The average Bonchev–Trinajstić information content (AvgIpc) is 2.77. The van der Waals surface area contributed by atoms with Gasteiger partial charge in [-0.3, -0.25) is 0 Å². The third kappa shape index (κ3) is 2.69. The van der Waals surface area contributed by atoms with E-state index in [1.165, 1.54) is 6.07 Å². The number of likely N-dealkylation sites (tertiary alicyclic amines) is 1. The molecule has 0 bridgehead atoms. The van der Waals surface area contributed by atoms with Crippen LogP contribution in [0.15, 0.2) is 18.2 Å². The summed E-state index contributed by atoms with van der Waals surface area (Å²) in [5.74, 6) is -3.62. The molecule has 0 aliphatic carbocycles. The highest BCUT2D eigenvalue weighted by atomic mass is 19.2. The molecule has 0 spiro atoms. The Balaban J connectivity index is 2.15. The molecule has 3 N–H and O–H groups in total. The number of aliphatic hydroxyl groups excluding tert-OH is 1. The van der Waals surface area contributed by atoms with Crippen LogP contribution in [0.1, 0.15) is 6.42 Å². The molecule has 1 saturated heterocycles. The van der Waals surface area contributed by atoms with Gasteiger partial charge in [-0.05, 0) is 12.1 Å². The first-order valence-corrected chi connectivity index (χ1v) is 5.82. The van der Waals surface area contributed by atoms with Crippen LogP contribution in [0.3, 0.4) is 0 Å². The van der Waals surface area contributed by atoms with Gasteiger partial charge in [0.25, 0.3) is 0 Å². The molecule has 2 atom stereocenters. The highest BCUT2D eigenvalue weighted by Crippen LogP contribution is 2.21. The molecule has 0 radical (unpaired) electrons. The van der Waals surface area contributed by atoms with Gasteiger partial charge in [0.1, 0.15) is 6.04 Å². The fourth-order valence-corrected chi connectivity index (χ4v) is 2.06. The van der Waals surface area contributed by atoms with E-state index in [0.29, 0.717) is 0 Å². The lowest BCUT2D eigenvalue weighted by Gasteiger charge is -2.21. The Morgan fingerprint density at radius 3 is 2.70 bits per heavy atom. The number of nitrogens with one attached hydrogen (secondary N) is 1. The standard InChI is InChI=1S/C12H12F2N2O4/c13-7-2-1-3-8(10(7)14)15-12(20)16-5-6(17)4-9(16)11(18)19/h1-3,6,9,17H,4-5H2,(H,15,20)(H,18,19). The SMILES string of the molecule is O=C(O)C1CC(O)CN1C(=O)Nc1cccc(F)c1F. The van der Waals surface area contributed by atoms with Crippen LogP contribution in [-0.2, 0) is 4.79 Å². The monoisotopic (exact) mass is 286 g/mol. The van der Waals surface area contributed by atoms with Crippen molar-refractivity contribution < 1.29 is 28.6 Å². The Kier molecular flexibility index (Phi) is 3.84. The molecule has 2 rings (SSSR count). The summed E-state index contributed by atoms with van der Waals surface area (Å²) in [4.78, 5) is 23.7. The Morgan fingerprint density at radius 2 is 2.05 bits per heavy atom. The normalized spacial score (nSPS) is 21.9. The summed E-state index contributed by atoms with van der Waals surface area (Å²) < 4.78 is 26.4. The summed E-state index contributed by atoms with van der Waals surface area (Å²) >= 11 is 0. The first-order valence-electron chi connectivity index (χ1n) is 5.82. The molecule has 0 aromatic heterocycles. The van der Waals surface area contributed by atoms with Gasteiger partial charge in [-0.25, -0.2) is 18.4 Å². The van der Waals surface area contributed by atoms with E-state index in [0.717, 1.165) is 17.0 Å². The van der Waals surface area contributed by atoms with E-state index in [2.05, 4.69) is 5.32 Å². The highest BCUT2D eigenvalue weighted by molar-refractivity contribution is 5.92. The Hall–Kier alpha value is -2.22. The molecule has 1 heterocycles. The second-order valence-electron chi connectivity index (χ2n) is 4.43. The van der Waals surface area contributed by atoms with E-state index in [1.54, 1.807) is 0 Å². The maximum Gasteiger partial charge on any atom is 0.326 e. The van der Waals surface area contributed by atoms with Gasteiger partial charge in [0.15, 0.2) is 11.6 Å². The Morgan fingerprint density at radius 1 is 1.35 bits per heavy atom. The zero-order chi connectivity index (χ0) is 14.9. The minimum absolute atomic E-state index is 0.103. The fraction of sp³-hybridized carbons (Fsp3) is 0.333. The predicted molar refractivity (Wildman–Crippen MR) is 64.1 cm³/mol. The van der Waals surface area contributed by atoms with E-state index in [1.807, 2.05) is 0 Å². The molecule has 1 fully saturated rings. The van der Waals surface area contributed by atoms with Crippen molar-refractivity contribution in [2.75, 3.05) is 11.9 Å². The van der Waals surface area contributed by atoms with Gasteiger partial charge in [0, 0.05) is 13.0 Å². The largest absolute Gasteiger partial charge is 0.480 e. The van der Waals surface area contributed by atoms with Crippen molar-refractivity contribution >= 4 is 17.7 Å². The van der Waals surface area contributed by atoms with Crippen LogP contribution < -0.4 is 5.32 Å². The minimum atomic E-state index is -1.27. The van der Waals surface area contributed by atoms with Crippen LogP contribution in [0.5, 0.6) is 0 Å². The smallest absolute Gasteiger partial charge is 0.326 e. The number of urea groups is 1. The van der Waals surface area contributed by atoms with Crippen molar-refractivity contribution in [2.24, 2.45) is 0 Å². The minimum Gasteiger partial charge on any atom is -0.480 e. The molecular formula is C12H12F2N2O4. The molecule has 2 unspecified atom stereocenters. The number of carbonyl (C=O) groups excluding carboxylic acids is 1. The van der Waals surface area contributed by atoms with Gasteiger partial charge in [-0.1, -0.05) is 6.07 Å². The van der Waals surface area contributed by atoms with Gasteiger partial charge in [-0.15, -0.1) is 0 Å². The third-order valence-corrected chi connectivity index (χ3v) is 3.02. The van der Waals surface area contributed by atoms with Gasteiger partial charge >= 0.3 is 12.0 Å². The van der Waals surface area contributed by atoms with Crippen LogP contribution >= 0.6 is 0 Å². The maximum atomic E-state index is 13.4. The lowest BCUT2D eigenvalue weighted by Crippen LogP contribution is -2.43. The molecular weight excluding hydrogens is 274 g/mol. The van der Waals surface area contributed by atoms with Gasteiger partial charge < -0.3 is 20.4 Å². The molecule has 1 aliphatic heterocycles. The van der Waals surface area contributed by atoms with E-state index < -0.39 is 35.8 Å². The number of anilines is 1. The van der Waals surface area contributed by atoms with E-state index in [9.17, 15) is 23.5 Å². The molecule has 1 aliphatic rings. The first kappa shape index (κ1) is 14.2. The number of carbonyl (C=O) groups is 2. The van der Waals surface area contributed by atoms with Crippen LogP contribution in [0, 0.1) is 11.6 Å². The van der Waals surface area contributed by atoms with Crippen molar-refractivity contribution in [3.63, 3.8) is 0 Å². The summed E-state index contributed by atoms with van der Waals surface area (Å²) in [6.07, 6.45) is -1.06. The van der Waals surface area contributed by atoms with E-state index in [4.69, 9.17) is 5.11 Å². The Bertz CT molecular complexity index is 552. The fourth-order valence-electron chi connectivity index (χ4n) is 2.06. The predicted octanol–water partition coefficient (Wildman–Crippen LogP) is 1.02. The van der Waals surface area contributed by atoms with E-state index in [-0.39, 0.29) is 18.7 Å². The first-order chi connectivity index (χ1) is 9.40. The number of carboxylic acid groups (broad SMARTS) is 1. The second-order valence-corrected chi connectivity index (χ2v) is 4.43. The van der Waals surface area contributed by atoms with Crippen LogP contribution in [0.4, 0.5) is 19.3 Å². The lowest BCUT2D eigenvalue weighted by molar-refractivity contribution is -0.141. The number of amides is 2. The summed E-state index contributed by atoms with van der Waals surface area (Å²) in [5, 5.41) is 20.5. The zero-order valence-corrected chi connectivity index (χ0v) is 10.2. The number of β-amino-alcohol motifs (C(OH)–C–C–N with tert-alkyl or cyclic N) is 1. The molecule has 8 heteroatoms. The van der Waals surface area contributed by atoms with Gasteiger partial charge in [-0.2, -0.15) is 0 Å². The number of nitrogens with zero attached hydrogens (tertiary/aromatic N) is 1. The summed E-state index contributed by atoms with van der Waals surface area (Å²) in [5.41, 5.74) is -0.388. The Labute approximate surface area is 112 Å². The number of rotatable bonds is 2. The van der Waals surface area contributed by atoms with Gasteiger partial charge in [0.05, 0.1) is 11.8 Å². The third-order valence-electron chi connectivity index (χ3n) is 3.02. The number of hydrogen-bond donors (Lipinski definition) is 3. The van der Waals surface area contributed by atoms with Crippen molar-refractivity contribution in [3.05, 3.63) is 29.8 Å². The second kappa shape index (κ2) is 5.41. The molecule has 0 saturated carbocycles. The summed E-state index contributed by atoms with van der Waals surface area (Å²) in [7, 11) is 0. The lowest BCUT2D eigenvalue weighted by atomic mass is 10.2. The van der Waals surface area contributed by atoms with Crippen molar-refractivity contribution in [1.82, 2.24) is 4.90 Å². The molecule has 1 aromatic rings. The quantitative estimate of drug-likeness (QED) is 0.757. The number of benzene rings is 1. The number of aliphatic carboxylic acids is 1. The molecule has 108 valence electrons.